The van der Waals surface area contributed by atoms with Crippen LogP contribution in [0.25, 0.3) is 0 Å². The molecule has 0 radical (unpaired) electrons. The van der Waals surface area contributed by atoms with Gasteiger partial charge in [-0.2, -0.15) is 0 Å². The van der Waals surface area contributed by atoms with Crippen LogP contribution in [0.5, 0.6) is 5.75 Å². The number of rotatable bonds is 5. The zero-order valence-corrected chi connectivity index (χ0v) is 12.2. The van der Waals surface area contributed by atoms with Crippen molar-refractivity contribution < 1.29 is 9.47 Å². The van der Waals surface area contributed by atoms with E-state index in [0.29, 0.717) is 0 Å². The van der Waals surface area contributed by atoms with Gasteiger partial charge in [-0.05, 0) is 51.3 Å². The second-order valence-corrected chi connectivity index (χ2v) is 5.84. The molecule has 0 saturated carbocycles. The van der Waals surface area contributed by atoms with Crippen LogP contribution >= 0.6 is 0 Å². The maximum atomic E-state index is 5.65. The van der Waals surface area contributed by atoms with E-state index in [4.69, 9.17) is 9.47 Å². The van der Waals surface area contributed by atoms with E-state index in [-0.39, 0.29) is 11.6 Å². The topological polar surface area (TPSA) is 30.5 Å². The van der Waals surface area contributed by atoms with Gasteiger partial charge in [-0.25, -0.2) is 0 Å². The average molecular weight is 263 g/mol. The Kier molecular flexibility index (Phi) is 4.83. The quantitative estimate of drug-likeness (QED) is 0.885. The lowest BCUT2D eigenvalue weighted by molar-refractivity contribution is 0.0446. The van der Waals surface area contributed by atoms with E-state index in [2.05, 4.69) is 24.4 Å². The molecule has 0 aliphatic carbocycles. The number of benzene rings is 1. The summed E-state index contributed by atoms with van der Waals surface area (Å²) in [7, 11) is 0. The molecule has 0 atom stereocenters. The predicted molar refractivity (Wildman–Crippen MR) is 77.5 cm³/mol. The van der Waals surface area contributed by atoms with E-state index < -0.39 is 0 Å². The van der Waals surface area contributed by atoms with Crippen LogP contribution in [0.2, 0.25) is 0 Å². The number of hydrogen-bond donors (Lipinski definition) is 1. The standard InChI is InChI=1S/C16H25NO2/c1-13(2)19-15-6-4-14(5-7-15)12-17-16(3)8-10-18-11-9-16/h4-7,13,17H,8-12H2,1-3H3. The van der Waals surface area contributed by atoms with Gasteiger partial charge in [0, 0.05) is 25.3 Å². The first kappa shape index (κ1) is 14.4. The van der Waals surface area contributed by atoms with E-state index in [9.17, 15) is 0 Å². The Hall–Kier alpha value is -1.06. The third-order valence-corrected chi connectivity index (χ3v) is 3.61. The fourth-order valence-electron chi connectivity index (χ4n) is 2.27. The Bertz CT molecular complexity index is 380. The minimum Gasteiger partial charge on any atom is -0.491 e. The van der Waals surface area contributed by atoms with E-state index >= 15 is 0 Å². The molecule has 1 aromatic carbocycles. The highest BCUT2D eigenvalue weighted by Gasteiger charge is 2.26. The molecular weight excluding hydrogens is 238 g/mol. The molecule has 106 valence electrons. The Balaban J connectivity index is 1.85. The second kappa shape index (κ2) is 6.40. The molecule has 1 aliphatic heterocycles. The molecule has 1 heterocycles. The summed E-state index contributed by atoms with van der Waals surface area (Å²) in [6, 6.07) is 8.35. The molecule has 0 amide bonds. The number of ether oxygens (including phenoxy) is 2. The third-order valence-electron chi connectivity index (χ3n) is 3.61. The zero-order valence-electron chi connectivity index (χ0n) is 12.2. The first-order chi connectivity index (χ1) is 9.07. The van der Waals surface area contributed by atoms with Gasteiger partial charge in [0.1, 0.15) is 5.75 Å². The van der Waals surface area contributed by atoms with E-state index in [1.807, 2.05) is 26.0 Å². The van der Waals surface area contributed by atoms with Crippen molar-refractivity contribution in [1.82, 2.24) is 5.32 Å². The molecule has 3 heteroatoms. The highest BCUT2D eigenvalue weighted by Crippen LogP contribution is 2.21. The summed E-state index contributed by atoms with van der Waals surface area (Å²) in [4.78, 5) is 0. The molecule has 1 N–H and O–H groups in total. The first-order valence-electron chi connectivity index (χ1n) is 7.16. The van der Waals surface area contributed by atoms with Gasteiger partial charge in [0.15, 0.2) is 0 Å². The Morgan fingerprint density at radius 3 is 2.42 bits per heavy atom. The summed E-state index contributed by atoms with van der Waals surface area (Å²) < 4.78 is 11.1. The molecule has 3 nitrogen and oxygen atoms in total. The average Bonchev–Trinajstić information content (AvgIpc) is 2.38. The maximum absolute atomic E-state index is 5.65. The zero-order chi connectivity index (χ0) is 13.7. The fraction of sp³-hybridized carbons (Fsp3) is 0.625. The Labute approximate surface area is 116 Å². The van der Waals surface area contributed by atoms with Crippen molar-refractivity contribution in [2.75, 3.05) is 13.2 Å². The lowest BCUT2D eigenvalue weighted by atomic mass is 9.92. The molecule has 1 saturated heterocycles. The van der Waals surface area contributed by atoms with Crippen LogP contribution in [0.4, 0.5) is 0 Å². The molecule has 1 fully saturated rings. The molecule has 0 bridgehead atoms. The Morgan fingerprint density at radius 1 is 1.21 bits per heavy atom. The molecule has 1 aromatic rings. The van der Waals surface area contributed by atoms with Crippen molar-refractivity contribution in [1.29, 1.82) is 0 Å². The molecule has 2 rings (SSSR count). The van der Waals surface area contributed by atoms with Crippen LogP contribution in [0, 0.1) is 0 Å². The van der Waals surface area contributed by atoms with Gasteiger partial charge < -0.3 is 14.8 Å². The highest BCUT2D eigenvalue weighted by atomic mass is 16.5. The Morgan fingerprint density at radius 2 is 1.84 bits per heavy atom. The monoisotopic (exact) mass is 263 g/mol. The van der Waals surface area contributed by atoms with E-state index in [1.165, 1.54) is 5.56 Å². The first-order valence-corrected chi connectivity index (χ1v) is 7.16. The molecule has 0 aromatic heterocycles. The summed E-state index contributed by atoms with van der Waals surface area (Å²) in [6.45, 7) is 9.00. The van der Waals surface area contributed by atoms with Crippen molar-refractivity contribution in [3.8, 4) is 5.75 Å². The van der Waals surface area contributed by atoms with Gasteiger partial charge in [-0.1, -0.05) is 12.1 Å². The van der Waals surface area contributed by atoms with Crippen molar-refractivity contribution in [3.05, 3.63) is 29.8 Å². The molecule has 19 heavy (non-hydrogen) atoms. The normalized spacial score (nSPS) is 18.5. The molecule has 0 unspecified atom stereocenters. The lowest BCUT2D eigenvalue weighted by Crippen LogP contribution is -2.46. The maximum Gasteiger partial charge on any atom is 0.119 e. The van der Waals surface area contributed by atoms with Gasteiger partial charge in [-0.15, -0.1) is 0 Å². The lowest BCUT2D eigenvalue weighted by Gasteiger charge is -2.34. The fourth-order valence-corrected chi connectivity index (χ4v) is 2.27. The van der Waals surface area contributed by atoms with Gasteiger partial charge in [0.05, 0.1) is 6.10 Å². The number of nitrogens with one attached hydrogen (secondary N) is 1. The highest BCUT2D eigenvalue weighted by molar-refractivity contribution is 5.27. The predicted octanol–water partition coefficient (Wildman–Crippen LogP) is 3.13. The van der Waals surface area contributed by atoms with Gasteiger partial charge in [0.2, 0.25) is 0 Å². The molecule has 0 spiro atoms. The summed E-state index contributed by atoms with van der Waals surface area (Å²) in [5.74, 6) is 0.941. The largest absolute Gasteiger partial charge is 0.491 e. The van der Waals surface area contributed by atoms with Gasteiger partial charge >= 0.3 is 0 Å². The summed E-state index contributed by atoms with van der Waals surface area (Å²) in [5, 5.41) is 3.65. The van der Waals surface area contributed by atoms with Gasteiger partial charge in [0.25, 0.3) is 0 Å². The van der Waals surface area contributed by atoms with E-state index in [0.717, 1.165) is 38.3 Å². The van der Waals surface area contributed by atoms with Crippen molar-refractivity contribution in [3.63, 3.8) is 0 Å². The van der Waals surface area contributed by atoms with Crippen LogP contribution in [0.3, 0.4) is 0 Å². The van der Waals surface area contributed by atoms with E-state index in [1.54, 1.807) is 0 Å². The minimum atomic E-state index is 0.214. The summed E-state index contributed by atoms with van der Waals surface area (Å²) >= 11 is 0. The van der Waals surface area contributed by atoms with Crippen molar-refractivity contribution in [2.45, 2.75) is 51.8 Å². The third kappa shape index (κ3) is 4.51. The smallest absolute Gasteiger partial charge is 0.119 e. The number of hydrogen-bond acceptors (Lipinski definition) is 3. The summed E-state index contributed by atoms with van der Waals surface area (Å²) in [6.07, 6.45) is 2.40. The minimum absolute atomic E-state index is 0.214. The van der Waals surface area contributed by atoms with Crippen LogP contribution in [0.15, 0.2) is 24.3 Å². The van der Waals surface area contributed by atoms with Crippen LogP contribution in [-0.2, 0) is 11.3 Å². The van der Waals surface area contributed by atoms with Crippen LogP contribution in [0.1, 0.15) is 39.2 Å². The SMILES string of the molecule is CC(C)Oc1ccc(CNC2(C)CCOCC2)cc1. The van der Waals surface area contributed by atoms with Crippen LogP contribution < -0.4 is 10.1 Å². The molecular formula is C16H25NO2. The van der Waals surface area contributed by atoms with Gasteiger partial charge in [-0.3, -0.25) is 0 Å². The van der Waals surface area contributed by atoms with Crippen LogP contribution in [-0.4, -0.2) is 24.9 Å². The molecule has 1 aliphatic rings. The van der Waals surface area contributed by atoms with Crippen molar-refractivity contribution in [2.24, 2.45) is 0 Å². The summed E-state index contributed by atoms with van der Waals surface area (Å²) in [5.41, 5.74) is 1.51. The van der Waals surface area contributed by atoms with Crippen molar-refractivity contribution >= 4 is 0 Å². The second-order valence-electron chi connectivity index (χ2n) is 5.84.